The maximum absolute atomic E-state index is 11.0. The summed E-state index contributed by atoms with van der Waals surface area (Å²) in [4.78, 5) is 18.1. The molecule has 24 heavy (non-hydrogen) atoms. The number of aromatic carboxylic acids is 1. The first-order chi connectivity index (χ1) is 11.2. The Kier molecular flexibility index (Phi) is 3.52. The van der Waals surface area contributed by atoms with E-state index in [-0.39, 0.29) is 30.0 Å². The van der Waals surface area contributed by atoms with Crippen molar-refractivity contribution in [2.24, 2.45) is 11.8 Å². The van der Waals surface area contributed by atoms with Gasteiger partial charge in [-0.1, -0.05) is 6.07 Å². The molecule has 3 aliphatic rings. The van der Waals surface area contributed by atoms with Crippen molar-refractivity contribution in [2.75, 3.05) is 18.0 Å². The molecule has 2 aromatic heterocycles. The summed E-state index contributed by atoms with van der Waals surface area (Å²) < 4.78 is 1.79. The number of pyridine rings is 1. The fraction of sp³-hybridized carbons (Fsp3) is 0.471. The van der Waals surface area contributed by atoms with Gasteiger partial charge >= 0.3 is 5.97 Å². The molecular formula is C17H18LiN4O2. The van der Waals surface area contributed by atoms with Crippen LogP contribution in [0.15, 0.2) is 30.7 Å². The quantitative estimate of drug-likeness (QED) is 0.867. The smallest absolute Gasteiger partial charge is 0.338 e. The second-order valence-corrected chi connectivity index (χ2v) is 7.08. The zero-order valence-corrected chi connectivity index (χ0v) is 13.7. The number of piperidine rings is 1. The van der Waals surface area contributed by atoms with E-state index >= 15 is 0 Å². The first-order valence-electron chi connectivity index (χ1n) is 8.16. The molecule has 2 aromatic rings. The van der Waals surface area contributed by atoms with Crippen LogP contribution in [0.1, 0.15) is 35.2 Å². The molecule has 3 fully saturated rings. The van der Waals surface area contributed by atoms with E-state index in [1.807, 2.05) is 6.20 Å². The van der Waals surface area contributed by atoms with Crippen molar-refractivity contribution in [3.05, 3.63) is 41.9 Å². The van der Waals surface area contributed by atoms with Crippen LogP contribution in [0.25, 0.3) is 0 Å². The van der Waals surface area contributed by atoms with Crippen molar-refractivity contribution in [1.82, 2.24) is 14.8 Å². The summed E-state index contributed by atoms with van der Waals surface area (Å²) in [5.41, 5.74) is 1.15. The minimum Gasteiger partial charge on any atom is -0.478 e. The molecule has 1 saturated heterocycles. The Morgan fingerprint density at radius 1 is 1.21 bits per heavy atom. The van der Waals surface area contributed by atoms with Gasteiger partial charge in [-0.25, -0.2) is 9.78 Å². The van der Waals surface area contributed by atoms with Crippen molar-refractivity contribution >= 4 is 30.6 Å². The molecule has 1 N–H and O–H groups in total. The van der Waals surface area contributed by atoms with Crippen LogP contribution in [0.5, 0.6) is 0 Å². The molecule has 119 valence electrons. The Labute approximate surface area is 152 Å². The minimum absolute atomic E-state index is 0. The van der Waals surface area contributed by atoms with E-state index in [1.165, 1.54) is 12.6 Å². The number of carboxylic acids is 1. The molecule has 2 atom stereocenters. The third kappa shape index (κ3) is 2.37. The Morgan fingerprint density at radius 2 is 1.96 bits per heavy atom. The Bertz CT molecular complexity index is 774. The first kappa shape index (κ1) is 15.7. The molecule has 0 spiro atoms. The van der Waals surface area contributed by atoms with E-state index in [0.717, 1.165) is 49.1 Å². The van der Waals surface area contributed by atoms with Crippen molar-refractivity contribution in [3.8, 4) is 0 Å². The third-order valence-electron chi connectivity index (χ3n) is 5.58. The third-order valence-corrected chi connectivity index (χ3v) is 5.58. The summed E-state index contributed by atoms with van der Waals surface area (Å²) in [5, 5.41) is 13.3. The summed E-state index contributed by atoms with van der Waals surface area (Å²) >= 11 is 0. The van der Waals surface area contributed by atoms with E-state index in [2.05, 4.69) is 27.1 Å². The van der Waals surface area contributed by atoms with Crippen LogP contribution in [0.4, 0.5) is 5.82 Å². The number of hydrogen-bond donors (Lipinski definition) is 1. The van der Waals surface area contributed by atoms with Gasteiger partial charge in [0.25, 0.3) is 0 Å². The van der Waals surface area contributed by atoms with E-state index in [4.69, 9.17) is 5.11 Å². The molecule has 6 nitrogen and oxygen atoms in total. The molecule has 0 bridgehead atoms. The van der Waals surface area contributed by atoms with Crippen LogP contribution >= 0.6 is 0 Å². The number of aromatic nitrogens is 3. The normalized spacial score (nSPS) is 25.8. The summed E-state index contributed by atoms with van der Waals surface area (Å²) in [6, 6.07) is 4.23. The second kappa shape index (κ2) is 5.37. The van der Waals surface area contributed by atoms with Crippen molar-refractivity contribution in [1.29, 1.82) is 0 Å². The zero-order valence-electron chi connectivity index (χ0n) is 13.7. The van der Waals surface area contributed by atoms with Crippen LogP contribution in [0, 0.1) is 11.8 Å². The number of hydrogen-bond acceptors (Lipinski definition) is 4. The van der Waals surface area contributed by atoms with Gasteiger partial charge in [-0.15, -0.1) is 0 Å². The summed E-state index contributed by atoms with van der Waals surface area (Å²) in [6.07, 6.45) is 8.32. The van der Waals surface area contributed by atoms with Gasteiger partial charge in [-0.2, -0.15) is 5.10 Å². The number of anilines is 1. The van der Waals surface area contributed by atoms with Gasteiger partial charge in [0.15, 0.2) is 0 Å². The fourth-order valence-corrected chi connectivity index (χ4v) is 3.87. The minimum atomic E-state index is -0.937. The summed E-state index contributed by atoms with van der Waals surface area (Å²) in [7, 11) is 0. The average Bonchev–Trinajstić information content (AvgIpc) is 3.42. The van der Waals surface area contributed by atoms with E-state index < -0.39 is 5.97 Å². The molecule has 7 heteroatoms. The largest absolute Gasteiger partial charge is 0.478 e. The van der Waals surface area contributed by atoms with Gasteiger partial charge in [-0.3, -0.25) is 4.68 Å². The molecule has 5 rings (SSSR count). The molecule has 0 aromatic carbocycles. The maximum Gasteiger partial charge on any atom is 0.338 e. The van der Waals surface area contributed by atoms with E-state index in [9.17, 15) is 4.79 Å². The maximum atomic E-state index is 11.0. The van der Waals surface area contributed by atoms with Crippen molar-refractivity contribution in [2.45, 2.75) is 24.8 Å². The summed E-state index contributed by atoms with van der Waals surface area (Å²) in [6.45, 7) is 2.28. The molecule has 2 aliphatic carbocycles. The number of nitrogens with zero attached hydrogens (tertiary/aromatic N) is 4. The van der Waals surface area contributed by atoms with Crippen molar-refractivity contribution in [3.63, 3.8) is 0 Å². The second-order valence-electron chi connectivity index (χ2n) is 7.08. The molecule has 3 heterocycles. The fourth-order valence-electron chi connectivity index (χ4n) is 3.87. The SMILES string of the molecule is O=C(O)c1cnn(C2(c3ccc(N4CC5CC5C4)nc3)CC2)c1.[Li]. The zero-order chi connectivity index (χ0) is 15.6. The van der Waals surface area contributed by atoms with Gasteiger partial charge in [0.05, 0.1) is 17.3 Å². The number of rotatable bonds is 4. The van der Waals surface area contributed by atoms with Crippen LogP contribution in [-0.2, 0) is 5.54 Å². The Hall–Kier alpha value is -1.77. The molecule has 2 unspecified atom stereocenters. The number of carbonyl (C=O) groups is 1. The van der Waals surface area contributed by atoms with Gasteiger partial charge < -0.3 is 10.0 Å². The molecule has 1 aliphatic heterocycles. The molecule has 0 amide bonds. The van der Waals surface area contributed by atoms with Gasteiger partial charge in [0, 0.05) is 44.3 Å². The van der Waals surface area contributed by atoms with E-state index in [0.29, 0.717) is 0 Å². The Morgan fingerprint density at radius 3 is 2.50 bits per heavy atom. The molecule has 2 saturated carbocycles. The standard InChI is InChI=1S/C17H18N4O2.Li/c22-16(23)13-6-19-21(10-13)17(3-4-17)14-1-2-15(18-7-14)20-8-11-5-12(11)9-20;/h1-2,6-7,10-12H,3-5,8-9H2,(H,22,23);. The predicted octanol–water partition coefficient (Wildman–Crippen LogP) is 1.59. The Balaban J connectivity index is 0.00000146. The van der Waals surface area contributed by atoms with Crippen LogP contribution in [0.2, 0.25) is 0 Å². The average molecular weight is 317 g/mol. The molecular weight excluding hydrogens is 299 g/mol. The summed E-state index contributed by atoms with van der Waals surface area (Å²) in [5.74, 6) is 1.91. The monoisotopic (exact) mass is 317 g/mol. The van der Waals surface area contributed by atoms with Gasteiger partial charge in [0.1, 0.15) is 5.82 Å². The number of fused-ring (bicyclic) bond motifs is 1. The van der Waals surface area contributed by atoms with Crippen molar-refractivity contribution < 1.29 is 9.90 Å². The van der Waals surface area contributed by atoms with Gasteiger partial charge in [0.2, 0.25) is 0 Å². The van der Waals surface area contributed by atoms with Crippen LogP contribution < -0.4 is 4.90 Å². The topological polar surface area (TPSA) is 71.2 Å². The van der Waals surface area contributed by atoms with Gasteiger partial charge in [-0.05, 0) is 42.7 Å². The van der Waals surface area contributed by atoms with E-state index in [1.54, 1.807) is 10.9 Å². The predicted molar refractivity (Wildman–Crippen MR) is 89.3 cm³/mol. The van der Waals surface area contributed by atoms with Crippen LogP contribution in [-0.4, -0.2) is 57.8 Å². The number of carboxylic acid groups (broad SMARTS) is 1. The van der Waals surface area contributed by atoms with Crippen LogP contribution in [0.3, 0.4) is 0 Å². The molecule has 1 radical (unpaired) electrons. The first-order valence-corrected chi connectivity index (χ1v) is 8.16.